The Balaban J connectivity index is 2.93. The number of unbranched alkanes of at least 4 members (excludes halogenated alkanes) is 1. The van der Waals surface area contributed by atoms with Crippen molar-refractivity contribution >= 4 is 41.5 Å². The number of guanidine groups is 1. The minimum atomic E-state index is -1.28. The minimum Gasteiger partial charge on any atom is -0.480 e. The molecule has 1 aliphatic heterocycles. The second kappa shape index (κ2) is 17.6. The Morgan fingerprint density at radius 1 is 0.951 bits per heavy atom. The van der Waals surface area contributed by atoms with Gasteiger partial charge in [0, 0.05) is 13.1 Å². The van der Waals surface area contributed by atoms with Gasteiger partial charge in [0.05, 0.1) is 12.5 Å². The van der Waals surface area contributed by atoms with Gasteiger partial charge in [-0.25, -0.2) is 4.79 Å². The van der Waals surface area contributed by atoms with Crippen LogP contribution in [-0.4, -0.2) is 101 Å². The average Bonchev–Trinajstić information content (AvgIpc) is 3.38. The number of carboxylic acids is 1. The fourth-order valence-corrected chi connectivity index (χ4v) is 4.27. The summed E-state index contributed by atoms with van der Waals surface area (Å²) in [6.07, 6.45) is 2.07. The lowest BCUT2D eigenvalue weighted by molar-refractivity contribution is -0.143. The number of carboxylic acid groups (broad SMARTS) is 1. The third-order valence-corrected chi connectivity index (χ3v) is 6.47. The SMILES string of the molecule is C[C@H](NC(=O)[C@@H]1CCCN1C(=O)[C@H](CCCN=C(N)N)NC(=O)[C@@H](N)CC(N)=O)C(=O)N[C@@H](CCCCN)C(=O)O. The molecule has 0 unspecified atom stereocenters. The highest BCUT2D eigenvalue weighted by molar-refractivity contribution is 5.96. The van der Waals surface area contributed by atoms with Crippen LogP contribution in [0.5, 0.6) is 0 Å². The molecule has 232 valence electrons. The van der Waals surface area contributed by atoms with Crippen molar-refractivity contribution in [2.75, 3.05) is 19.6 Å². The molecule has 17 heteroatoms. The summed E-state index contributed by atoms with van der Waals surface area (Å²) in [5.41, 5.74) is 26.9. The van der Waals surface area contributed by atoms with Crippen LogP contribution in [0.2, 0.25) is 0 Å². The maximum absolute atomic E-state index is 13.5. The molecule has 0 aromatic heterocycles. The monoisotopic (exact) mass is 584 g/mol. The molecule has 0 spiro atoms. The number of likely N-dealkylation sites (tertiary alicyclic amines) is 1. The summed E-state index contributed by atoms with van der Waals surface area (Å²) >= 11 is 0. The van der Waals surface area contributed by atoms with Crippen LogP contribution in [0.3, 0.4) is 0 Å². The van der Waals surface area contributed by atoms with Gasteiger partial charge in [0.2, 0.25) is 29.5 Å². The molecule has 17 nitrogen and oxygen atoms in total. The molecule has 0 saturated carbocycles. The molecule has 0 bridgehead atoms. The Labute approximate surface area is 238 Å². The summed E-state index contributed by atoms with van der Waals surface area (Å²) in [6.45, 7) is 2.19. The van der Waals surface area contributed by atoms with Crippen molar-refractivity contribution in [2.45, 2.75) is 88.5 Å². The van der Waals surface area contributed by atoms with Crippen LogP contribution in [0, 0.1) is 0 Å². The van der Waals surface area contributed by atoms with E-state index in [0.717, 1.165) is 0 Å². The van der Waals surface area contributed by atoms with Crippen LogP contribution < -0.4 is 44.6 Å². The van der Waals surface area contributed by atoms with E-state index < -0.39 is 72.1 Å². The first-order chi connectivity index (χ1) is 19.3. The van der Waals surface area contributed by atoms with E-state index in [1.807, 2.05) is 0 Å². The van der Waals surface area contributed by atoms with Gasteiger partial charge in [-0.1, -0.05) is 0 Å². The zero-order valence-corrected chi connectivity index (χ0v) is 23.3. The highest BCUT2D eigenvalue weighted by atomic mass is 16.4. The number of hydrogen-bond donors (Lipinski definition) is 9. The van der Waals surface area contributed by atoms with Crippen molar-refractivity contribution in [2.24, 2.45) is 33.7 Å². The third kappa shape index (κ3) is 12.4. The van der Waals surface area contributed by atoms with Crippen LogP contribution in [-0.2, 0) is 28.8 Å². The molecule has 1 aliphatic rings. The number of primary amides is 1. The number of nitrogens with one attached hydrogen (secondary N) is 3. The topological polar surface area (TPSA) is 304 Å². The van der Waals surface area contributed by atoms with Gasteiger partial charge in [0.25, 0.3) is 0 Å². The summed E-state index contributed by atoms with van der Waals surface area (Å²) in [5, 5.41) is 16.9. The summed E-state index contributed by atoms with van der Waals surface area (Å²) < 4.78 is 0. The van der Waals surface area contributed by atoms with Crippen molar-refractivity contribution in [1.29, 1.82) is 0 Å². The summed E-state index contributed by atoms with van der Waals surface area (Å²) in [5.74, 6) is -4.76. The van der Waals surface area contributed by atoms with E-state index in [1.54, 1.807) is 0 Å². The molecule has 1 rings (SSSR count). The smallest absolute Gasteiger partial charge is 0.326 e. The fraction of sp³-hybridized carbons (Fsp3) is 0.708. The second-order valence-electron chi connectivity index (χ2n) is 9.89. The number of aliphatic carboxylic acids is 1. The van der Waals surface area contributed by atoms with E-state index in [4.69, 9.17) is 28.7 Å². The van der Waals surface area contributed by atoms with Gasteiger partial charge in [-0.15, -0.1) is 0 Å². The molecule has 41 heavy (non-hydrogen) atoms. The number of carbonyl (C=O) groups excluding carboxylic acids is 5. The number of nitrogens with two attached hydrogens (primary N) is 5. The van der Waals surface area contributed by atoms with Crippen molar-refractivity contribution in [3.05, 3.63) is 0 Å². The first kappa shape index (κ1) is 35.0. The van der Waals surface area contributed by atoms with E-state index >= 15 is 0 Å². The van der Waals surface area contributed by atoms with Crippen LogP contribution in [0.25, 0.3) is 0 Å². The van der Waals surface area contributed by atoms with Crippen LogP contribution in [0.4, 0.5) is 0 Å². The Kier molecular flexibility index (Phi) is 15.1. The second-order valence-corrected chi connectivity index (χ2v) is 9.89. The number of nitrogens with zero attached hydrogens (tertiary/aromatic N) is 2. The van der Waals surface area contributed by atoms with Crippen LogP contribution >= 0.6 is 0 Å². The zero-order valence-electron chi connectivity index (χ0n) is 23.3. The van der Waals surface area contributed by atoms with Gasteiger partial charge in [0.1, 0.15) is 24.2 Å². The number of amides is 5. The Morgan fingerprint density at radius 2 is 1.59 bits per heavy atom. The number of hydrogen-bond acceptors (Lipinski definition) is 9. The van der Waals surface area contributed by atoms with Gasteiger partial charge in [0.15, 0.2) is 5.96 Å². The predicted octanol–water partition coefficient (Wildman–Crippen LogP) is -4.08. The lowest BCUT2D eigenvalue weighted by Gasteiger charge is -2.30. The minimum absolute atomic E-state index is 0.106. The summed E-state index contributed by atoms with van der Waals surface area (Å²) in [7, 11) is 0. The molecule has 1 heterocycles. The van der Waals surface area contributed by atoms with Crippen molar-refractivity contribution in [3.8, 4) is 0 Å². The number of aliphatic imine (C=N–C) groups is 1. The molecule has 1 fully saturated rings. The lowest BCUT2D eigenvalue weighted by atomic mass is 10.1. The van der Waals surface area contributed by atoms with Gasteiger partial charge in [-0.3, -0.25) is 29.0 Å². The molecule has 0 aromatic rings. The normalized spacial score (nSPS) is 17.4. The molecule has 0 aromatic carbocycles. The maximum atomic E-state index is 13.5. The Hall–Kier alpha value is -3.99. The van der Waals surface area contributed by atoms with Crippen molar-refractivity contribution in [3.63, 3.8) is 0 Å². The standard InChI is InChI=1S/C24H44N10O7/c1-13(19(36)33-16(23(40)41)6-2-3-9-25)31-21(38)17-8-5-11-34(17)22(39)15(7-4-10-30-24(28)29)32-20(37)14(26)12-18(27)35/h13-17H,2-12,25-26H2,1H3,(H2,27,35)(H,31,38)(H,32,37)(H,33,36)(H,40,41)(H4,28,29,30)/t13-,14-,15-,16-,17-/m0/s1. The molecule has 5 atom stereocenters. The van der Waals surface area contributed by atoms with Gasteiger partial charge in [-0.05, 0) is 58.4 Å². The number of carbonyl (C=O) groups is 6. The first-order valence-electron chi connectivity index (χ1n) is 13.5. The molecule has 0 radical (unpaired) electrons. The average molecular weight is 585 g/mol. The summed E-state index contributed by atoms with van der Waals surface area (Å²) in [6, 6.07) is -5.54. The molecule has 14 N–H and O–H groups in total. The molecule has 0 aliphatic carbocycles. The molecular weight excluding hydrogens is 540 g/mol. The highest BCUT2D eigenvalue weighted by Gasteiger charge is 2.39. The maximum Gasteiger partial charge on any atom is 0.326 e. The van der Waals surface area contributed by atoms with E-state index in [-0.39, 0.29) is 31.9 Å². The summed E-state index contributed by atoms with van der Waals surface area (Å²) in [4.78, 5) is 79.6. The van der Waals surface area contributed by atoms with E-state index in [9.17, 15) is 33.9 Å². The predicted molar refractivity (Wildman–Crippen MR) is 148 cm³/mol. The van der Waals surface area contributed by atoms with Crippen LogP contribution in [0.15, 0.2) is 4.99 Å². The zero-order chi connectivity index (χ0) is 31.1. The molecule has 1 saturated heterocycles. The number of rotatable bonds is 18. The fourth-order valence-electron chi connectivity index (χ4n) is 4.27. The lowest BCUT2D eigenvalue weighted by Crippen LogP contribution is -2.57. The highest BCUT2D eigenvalue weighted by Crippen LogP contribution is 2.20. The third-order valence-electron chi connectivity index (χ3n) is 6.47. The van der Waals surface area contributed by atoms with Gasteiger partial charge in [-0.2, -0.15) is 0 Å². The largest absolute Gasteiger partial charge is 0.480 e. The van der Waals surface area contributed by atoms with E-state index in [2.05, 4.69) is 20.9 Å². The van der Waals surface area contributed by atoms with Crippen LogP contribution in [0.1, 0.15) is 58.3 Å². The quantitative estimate of drug-likeness (QED) is 0.0424. The van der Waals surface area contributed by atoms with Gasteiger partial charge >= 0.3 is 5.97 Å². The van der Waals surface area contributed by atoms with Crippen molar-refractivity contribution < 1.29 is 33.9 Å². The Bertz CT molecular complexity index is 972. The van der Waals surface area contributed by atoms with E-state index in [0.29, 0.717) is 38.6 Å². The first-order valence-corrected chi connectivity index (χ1v) is 13.5. The van der Waals surface area contributed by atoms with Crippen molar-refractivity contribution in [1.82, 2.24) is 20.9 Å². The Morgan fingerprint density at radius 3 is 2.17 bits per heavy atom. The van der Waals surface area contributed by atoms with Gasteiger partial charge < -0.3 is 54.6 Å². The van der Waals surface area contributed by atoms with E-state index in [1.165, 1.54) is 11.8 Å². The molecular formula is C24H44N10O7. The molecule has 5 amide bonds.